The van der Waals surface area contributed by atoms with E-state index in [-0.39, 0.29) is 0 Å². The Bertz CT molecular complexity index is 805. The quantitative estimate of drug-likeness (QED) is 0.693. The second-order valence-corrected chi connectivity index (χ2v) is 6.02. The molecule has 3 nitrogen and oxygen atoms in total. The predicted octanol–water partition coefficient (Wildman–Crippen LogP) is 5.00. The summed E-state index contributed by atoms with van der Waals surface area (Å²) in [6.45, 7) is 9.31. The molecule has 3 rings (SSSR count). The van der Waals surface area contributed by atoms with E-state index in [0.717, 1.165) is 36.5 Å². The van der Waals surface area contributed by atoms with Gasteiger partial charge in [-0.3, -0.25) is 4.98 Å². The van der Waals surface area contributed by atoms with Crippen molar-refractivity contribution in [1.82, 2.24) is 4.98 Å². The fraction of sp³-hybridized carbons (Fsp3) is 0.286. The normalized spacial score (nSPS) is 10.8. The summed E-state index contributed by atoms with van der Waals surface area (Å²) in [6, 6.07) is 19.2. The Kier molecular flexibility index (Phi) is 4.99. The van der Waals surface area contributed by atoms with Gasteiger partial charge in [0, 0.05) is 42.1 Å². The number of pyridine rings is 1. The molecule has 2 aromatic carbocycles. The Labute approximate surface area is 144 Å². The van der Waals surface area contributed by atoms with Crippen molar-refractivity contribution in [3.05, 3.63) is 65.9 Å². The van der Waals surface area contributed by atoms with Crippen LogP contribution in [0.25, 0.3) is 10.9 Å². The van der Waals surface area contributed by atoms with Crippen LogP contribution in [0, 0.1) is 6.92 Å². The molecule has 1 aromatic heterocycles. The maximum atomic E-state index is 4.60. The lowest BCUT2D eigenvalue weighted by Gasteiger charge is -2.21. The van der Waals surface area contributed by atoms with E-state index in [1.54, 1.807) is 0 Å². The molecule has 0 atom stereocenters. The average Bonchev–Trinajstić information content (AvgIpc) is 2.61. The number of aryl methyl sites for hydroxylation is 1. The molecule has 0 aliphatic heterocycles. The Morgan fingerprint density at radius 1 is 0.958 bits per heavy atom. The zero-order valence-corrected chi connectivity index (χ0v) is 14.7. The minimum atomic E-state index is 0.811. The SMILES string of the molecule is CCN(CC)c1ccc(CNc2cc(C)nc3ccccc23)cc1. The lowest BCUT2D eigenvalue weighted by atomic mass is 10.1. The topological polar surface area (TPSA) is 28.2 Å². The number of nitrogens with one attached hydrogen (secondary N) is 1. The number of hydrogen-bond donors (Lipinski definition) is 1. The van der Waals surface area contributed by atoms with Crippen molar-refractivity contribution < 1.29 is 0 Å². The first kappa shape index (κ1) is 16.3. The number of aromatic nitrogens is 1. The molecule has 1 heterocycles. The molecule has 3 heteroatoms. The van der Waals surface area contributed by atoms with Gasteiger partial charge in [0.25, 0.3) is 0 Å². The van der Waals surface area contributed by atoms with E-state index in [0.29, 0.717) is 0 Å². The molecule has 24 heavy (non-hydrogen) atoms. The molecule has 0 aliphatic carbocycles. The molecule has 0 saturated carbocycles. The van der Waals surface area contributed by atoms with Gasteiger partial charge in [-0.25, -0.2) is 0 Å². The van der Waals surface area contributed by atoms with E-state index in [4.69, 9.17) is 0 Å². The number of fused-ring (bicyclic) bond motifs is 1. The predicted molar refractivity (Wildman–Crippen MR) is 104 cm³/mol. The summed E-state index contributed by atoms with van der Waals surface area (Å²) in [5, 5.41) is 4.74. The highest BCUT2D eigenvalue weighted by Crippen LogP contribution is 2.24. The van der Waals surface area contributed by atoms with Crippen LogP contribution < -0.4 is 10.2 Å². The zero-order valence-electron chi connectivity index (χ0n) is 14.7. The Hall–Kier alpha value is -2.55. The van der Waals surface area contributed by atoms with Crippen LogP contribution in [0.3, 0.4) is 0 Å². The number of anilines is 2. The van der Waals surface area contributed by atoms with Crippen LogP contribution in [0.1, 0.15) is 25.1 Å². The third-order valence-corrected chi connectivity index (χ3v) is 4.39. The van der Waals surface area contributed by atoms with E-state index in [1.165, 1.54) is 16.6 Å². The van der Waals surface area contributed by atoms with Crippen LogP contribution in [0.4, 0.5) is 11.4 Å². The largest absolute Gasteiger partial charge is 0.380 e. The van der Waals surface area contributed by atoms with Gasteiger partial charge < -0.3 is 10.2 Å². The summed E-state index contributed by atoms with van der Waals surface area (Å²) in [4.78, 5) is 6.95. The average molecular weight is 319 g/mol. The minimum absolute atomic E-state index is 0.811. The lowest BCUT2D eigenvalue weighted by molar-refractivity contribution is 0.865. The second-order valence-electron chi connectivity index (χ2n) is 6.02. The summed E-state index contributed by atoms with van der Waals surface area (Å²) in [5.41, 5.74) is 5.79. The fourth-order valence-corrected chi connectivity index (χ4v) is 3.06. The van der Waals surface area contributed by atoms with Crippen LogP contribution >= 0.6 is 0 Å². The number of hydrogen-bond acceptors (Lipinski definition) is 3. The molecule has 0 spiro atoms. The standard InChI is InChI=1S/C21H25N3/c1-4-24(5-2)18-12-10-17(11-13-18)15-22-21-14-16(3)23-20-9-7-6-8-19(20)21/h6-14H,4-5,15H2,1-3H3,(H,22,23). The molecule has 0 radical (unpaired) electrons. The van der Waals surface area contributed by atoms with Crippen LogP contribution in [-0.4, -0.2) is 18.1 Å². The second kappa shape index (κ2) is 7.35. The van der Waals surface area contributed by atoms with Crippen LogP contribution in [-0.2, 0) is 6.54 Å². The van der Waals surface area contributed by atoms with Gasteiger partial charge in [0.05, 0.1) is 5.52 Å². The molecule has 0 aliphatic rings. The monoisotopic (exact) mass is 319 g/mol. The van der Waals surface area contributed by atoms with Gasteiger partial charge in [0.1, 0.15) is 0 Å². The van der Waals surface area contributed by atoms with Crippen molar-refractivity contribution in [2.45, 2.75) is 27.3 Å². The smallest absolute Gasteiger partial charge is 0.0725 e. The van der Waals surface area contributed by atoms with Gasteiger partial charge in [-0.1, -0.05) is 30.3 Å². The summed E-state index contributed by atoms with van der Waals surface area (Å²) < 4.78 is 0. The number of benzene rings is 2. The Morgan fingerprint density at radius 2 is 1.67 bits per heavy atom. The highest BCUT2D eigenvalue weighted by atomic mass is 15.1. The van der Waals surface area contributed by atoms with Crippen LogP contribution in [0.5, 0.6) is 0 Å². The third-order valence-electron chi connectivity index (χ3n) is 4.39. The van der Waals surface area contributed by atoms with Crippen LogP contribution in [0.2, 0.25) is 0 Å². The molecule has 0 saturated heterocycles. The Morgan fingerprint density at radius 3 is 2.38 bits per heavy atom. The highest BCUT2D eigenvalue weighted by Gasteiger charge is 2.04. The van der Waals surface area contributed by atoms with Gasteiger partial charge in [0.15, 0.2) is 0 Å². The van der Waals surface area contributed by atoms with E-state index < -0.39 is 0 Å². The molecule has 0 bridgehead atoms. The molecule has 3 aromatic rings. The van der Waals surface area contributed by atoms with Gasteiger partial charge in [-0.2, -0.15) is 0 Å². The van der Waals surface area contributed by atoms with E-state index >= 15 is 0 Å². The zero-order chi connectivity index (χ0) is 16.9. The summed E-state index contributed by atoms with van der Waals surface area (Å²) in [7, 11) is 0. The van der Waals surface area contributed by atoms with Gasteiger partial charge in [-0.15, -0.1) is 0 Å². The maximum absolute atomic E-state index is 4.60. The third kappa shape index (κ3) is 3.51. The fourth-order valence-electron chi connectivity index (χ4n) is 3.06. The van der Waals surface area contributed by atoms with E-state index in [1.807, 2.05) is 13.0 Å². The summed E-state index contributed by atoms with van der Waals surface area (Å²) in [6.07, 6.45) is 0. The molecular formula is C21H25N3. The molecule has 0 unspecified atom stereocenters. The highest BCUT2D eigenvalue weighted by molar-refractivity contribution is 5.91. The van der Waals surface area contributed by atoms with Gasteiger partial charge >= 0.3 is 0 Å². The molecule has 1 N–H and O–H groups in total. The van der Waals surface area contributed by atoms with Crippen molar-refractivity contribution in [2.75, 3.05) is 23.3 Å². The van der Waals surface area contributed by atoms with Crippen molar-refractivity contribution in [1.29, 1.82) is 0 Å². The van der Waals surface area contributed by atoms with Gasteiger partial charge in [0.2, 0.25) is 0 Å². The summed E-state index contributed by atoms with van der Waals surface area (Å²) in [5.74, 6) is 0. The molecule has 124 valence electrons. The number of nitrogens with zero attached hydrogens (tertiary/aromatic N) is 2. The molecular weight excluding hydrogens is 294 g/mol. The van der Waals surface area contributed by atoms with Crippen molar-refractivity contribution in [3.63, 3.8) is 0 Å². The number of para-hydroxylation sites is 1. The first-order chi connectivity index (χ1) is 11.7. The lowest BCUT2D eigenvalue weighted by Crippen LogP contribution is -2.21. The first-order valence-electron chi connectivity index (χ1n) is 8.65. The van der Waals surface area contributed by atoms with Crippen molar-refractivity contribution >= 4 is 22.3 Å². The number of rotatable bonds is 6. The summed E-state index contributed by atoms with van der Waals surface area (Å²) >= 11 is 0. The van der Waals surface area contributed by atoms with Gasteiger partial charge in [-0.05, 0) is 50.6 Å². The minimum Gasteiger partial charge on any atom is -0.380 e. The van der Waals surface area contributed by atoms with E-state index in [2.05, 4.69) is 77.6 Å². The van der Waals surface area contributed by atoms with Crippen molar-refractivity contribution in [3.8, 4) is 0 Å². The molecule has 0 fully saturated rings. The first-order valence-corrected chi connectivity index (χ1v) is 8.65. The van der Waals surface area contributed by atoms with E-state index in [9.17, 15) is 0 Å². The molecule has 0 amide bonds. The Balaban J connectivity index is 1.76. The maximum Gasteiger partial charge on any atom is 0.0725 e. The van der Waals surface area contributed by atoms with Crippen LogP contribution in [0.15, 0.2) is 54.6 Å². The van der Waals surface area contributed by atoms with Crippen molar-refractivity contribution in [2.24, 2.45) is 0 Å².